The lowest BCUT2D eigenvalue weighted by atomic mass is 10.2. The number of amides is 1. The topological polar surface area (TPSA) is 69.6 Å². The third-order valence-corrected chi connectivity index (χ3v) is 3.10. The summed E-state index contributed by atoms with van der Waals surface area (Å²) >= 11 is 0. The maximum atomic E-state index is 12.7. The Balaban J connectivity index is 0.00000400. The Morgan fingerprint density at radius 2 is 1.90 bits per heavy atom. The molecule has 0 saturated heterocycles. The monoisotopic (exact) mass is 318 g/mol. The van der Waals surface area contributed by atoms with E-state index in [9.17, 15) is 14.0 Å². The number of rotatable bonds is 7. The van der Waals surface area contributed by atoms with E-state index in [1.54, 1.807) is 31.0 Å². The molecule has 0 aliphatic carbocycles. The number of hydrogen-bond donors (Lipinski definition) is 2. The number of hydrogen-bond acceptors (Lipinski definition) is 3. The predicted molar refractivity (Wildman–Crippen MR) is 79.8 cm³/mol. The normalized spacial score (nSPS) is 11.6. The average Bonchev–Trinajstić information content (AvgIpc) is 2.42. The summed E-state index contributed by atoms with van der Waals surface area (Å²) in [6.07, 6.45) is -0.00786. The first-order chi connectivity index (χ1) is 9.40. The zero-order valence-corrected chi connectivity index (χ0v) is 12.8. The van der Waals surface area contributed by atoms with Gasteiger partial charge in [-0.3, -0.25) is 14.5 Å². The fourth-order valence-electron chi connectivity index (χ4n) is 1.60. The molecule has 21 heavy (non-hydrogen) atoms. The van der Waals surface area contributed by atoms with Gasteiger partial charge in [-0.05, 0) is 31.7 Å². The highest BCUT2D eigenvalue weighted by molar-refractivity contribution is 5.85. The molecule has 0 aliphatic heterocycles. The van der Waals surface area contributed by atoms with E-state index in [0.29, 0.717) is 13.1 Å². The molecule has 0 aromatic heterocycles. The van der Waals surface area contributed by atoms with Crippen LogP contribution in [0.15, 0.2) is 24.3 Å². The molecule has 1 atom stereocenters. The number of carboxylic acids is 1. The van der Waals surface area contributed by atoms with Crippen LogP contribution in [-0.2, 0) is 16.1 Å². The molecule has 1 amide bonds. The SMILES string of the molecule is CC(C(=O)NCc1ccc(F)cc1)N(C)CCC(=O)O.Cl. The summed E-state index contributed by atoms with van der Waals surface area (Å²) in [4.78, 5) is 24.0. The summed E-state index contributed by atoms with van der Waals surface area (Å²) in [5.74, 6) is -1.40. The molecule has 0 saturated carbocycles. The summed E-state index contributed by atoms with van der Waals surface area (Å²) in [5, 5.41) is 11.3. The van der Waals surface area contributed by atoms with E-state index in [1.165, 1.54) is 12.1 Å². The van der Waals surface area contributed by atoms with Gasteiger partial charge >= 0.3 is 5.97 Å². The van der Waals surface area contributed by atoms with Crippen molar-refractivity contribution in [3.8, 4) is 0 Å². The van der Waals surface area contributed by atoms with Gasteiger partial charge < -0.3 is 10.4 Å². The molecule has 1 unspecified atom stereocenters. The first-order valence-electron chi connectivity index (χ1n) is 6.34. The van der Waals surface area contributed by atoms with Crippen molar-refractivity contribution in [3.05, 3.63) is 35.6 Å². The quantitative estimate of drug-likeness (QED) is 0.802. The number of carboxylic acid groups (broad SMARTS) is 1. The van der Waals surface area contributed by atoms with Crippen molar-refractivity contribution < 1.29 is 19.1 Å². The number of benzene rings is 1. The van der Waals surface area contributed by atoms with E-state index in [0.717, 1.165) is 5.56 Å². The highest BCUT2D eigenvalue weighted by Crippen LogP contribution is 2.03. The van der Waals surface area contributed by atoms with Crippen LogP contribution >= 0.6 is 12.4 Å². The summed E-state index contributed by atoms with van der Waals surface area (Å²) in [5.41, 5.74) is 0.806. The van der Waals surface area contributed by atoms with Gasteiger partial charge in [0.15, 0.2) is 0 Å². The van der Waals surface area contributed by atoms with Crippen molar-refractivity contribution in [2.24, 2.45) is 0 Å². The van der Waals surface area contributed by atoms with Crippen molar-refractivity contribution in [1.29, 1.82) is 0 Å². The zero-order chi connectivity index (χ0) is 15.1. The van der Waals surface area contributed by atoms with Crippen LogP contribution < -0.4 is 5.32 Å². The highest BCUT2D eigenvalue weighted by atomic mass is 35.5. The molecule has 0 aliphatic rings. The van der Waals surface area contributed by atoms with Crippen LogP contribution in [0.2, 0.25) is 0 Å². The predicted octanol–water partition coefficient (Wildman–Crippen LogP) is 1.66. The molecule has 0 bridgehead atoms. The minimum Gasteiger partial charge on any atom is -0.481 e. The van der Waals surface area contributed by atoms with Crippen LogP contribution in [0.3, 0.4) is 0 Å². The maximum absolute atomic E-state index is 12.7. The van der Waals surface area contributed by atoms with Gasteiger partial charge in [-0.2, -0.15) is 0 Å². The van der Waals surface area contributed by atoms with Crippen LogP contribution in [0.5, 0.6) is 0 Å². The van der Waals surface area contributed by atoms with E-state index < -0.39 is 12.0 Å². The minimum atomic E-state index is -0.893. The van der Waals surface area contributed by atoms with Crippen LogP contribution in [0.25, 0.3) is 0 Å². The van der Waals surface area contributed by atoms with Crippen LogP contribution in [-0.4, -0.2) is 41.5 Å². The van der Waals surface area contributed by atoms with Crippen molar-refractivity contribution in [2.75, 3.05) is 13.6 Å². The molecule has 0 radical (unpaired) electrons. The molecule has 5 nitrogen and oxygen atoms in total. The molecule has 2 N–H and O–H groups in total. The van der Waals surface area contributed by atoms with Gasteiger partial charge in [0.1, 0.15) is 5.82 Å². The van der Waals surface area contributed by atoms with E-state index in [2.05, 4.69) is 5.32 Å². The molecule has 1 aromatic rings. The summed E-state index contributed by atoms with van der Waals surface area (Å²) in [6.45, 7) is 2.33. The van der Waals surface area contributed by atoms with E-state index in [1.807, 2.05) is 0 Å². The lowest BCUT2D eigenvalue weighted by molar-refractivity contribution is -0.138. The van der Waals surface area contributed by atoms with Crippen molar-refractivity contribution in [3.63, 3.8) is 0 Å². The van der Waals surface area contributed by atoms with Crippen LogP contribution in [0, 0.1) is 5.82 Å². The Labute approximate surface area is 129 Å². The van der Waals surface area contributed by atoms with Gasteiger partial charge in [0.2, 0.25) is 5.91 Å². The molecular formula is C14H20ClFN2O3. The van der Waals surface area contributed by atoms with Crippen LogP contribution in [0.4, 0.5) is 4.39 Å². The number of halogens is 2. The Hall–Kier alpha value is -1.66. The molecule has 1 aromatic carbocycles. The fraction of sp³-hybridized carbons (Fsp3) is 0.429. The number of nitrogens with zero attached hydrogens (tertiary/aromatic N) is 1. The Morgan fingerprint density at radius 3 is 2.43 bits per heavy atom. The number of nitrogens with one attached hydrogen (secondary N) is 1. The van der Waals surface area contributed by atoms with Gasteiger partial charge in [0.05, 0.1) is 12.5 Å². The highest BCUT2D eigenvalue weighted by Gasteiger charge is 2.18. The lowest BCUT2D eigenvalue weighted by Gasteiger charge is -2.23. The second kappa shape index (κ2) is 9.31. The van der Waals surface area contributed by atoms with E-state index in [-0.39, 0.29) is 30.6 Å². The van der Waals surface area contributed by atoms with Crippen molar-refractivity contribution in [1.82, 2.24) is 10.2 Å². The largest absolute Gasteiger partial charge is 0.481 e. The van der Waals surface area contributed by atoms with Gasteiger partial charge in [-0.15, -0.1) is 12.4 Å². The van der Waals surface area contributed by atoms with Gasteiger partial charge in [0, 0.05) is 13.1 Å². The second-order valence-electron chi connectivity index (χ2n) is 4.64. The third kappa shape index (κ3) is 7.06. The minimum absolute atomic E-state index is 0. The summed E-state index contributed by atoms with van der Waals surface area (Å²) in [7, 11) is 1.70. The van der Waals surface area contributed by atoms with Gasteiger partial charge in [0.25, 0.3) is 0 Å². The number of carbonyl (C=O) groups is 2. The van der Waals surface area contributed by atoms with Crippen molar-refractivity contribution >= 4 is 24.3 Å². The molecule has 118 valence electrons. The smallest absolute Gasteiger partial charge is 0.304 e. The molecule has 0 heterocycles. The molecule has 0 fully saturated rings. The number of aliphatic carboxylic acids is 1. The molecule has 1 rings (SSSR count). The summed E-state index contributed by atoms with van der Waals surface area (Å²) in [6, 6.07) is 5.46. The van der Waals surface area contributed by atoms with Gasteiger partial charge in [-0.25, -0.2) is 4.39 Å². The lowest BCUT2D eigenvalue weighted by Crippen LogP contribution is -2.43. The van der Waals surface area contributed by atoms with E-state index >= 15 is 0 Å². The van der Waals surface area contributed by atoms with Gasteiger partial charge in [-0.1, -0.05) is 12.1 Å². The standard InChI is InChI=1S/C14H19FN2O3.ClH/c1-10(17(2)8-7-13(18)19)14(20)16-9-11-3-5-12(15)6-4-11;/h3-6,10H,7-9H2,1-2H3,(H,16,20)(H,18,19);1H. The Morgan fingerprint density at radius 1 is 1.33 bits per heavy atom. The Bertz CT molecular complexity index is 468. The van der Waals surface area contributed by atoms with Crippen LogP contribution in [0.1, 0.15) is 18.9 Å². The number of likely N-dealkylation sites (N-methyl/N-ethyl adjacent to an activating group) is 1. The average molecular weight is 319 g/mol. The first-order valence-corrected chi connectivity index (χ1v) is 6.34. The zero-order valence-electron chi connectivity index (χ0n) is 12.0. The second-order valence-corrected chi connectivity index (χ2v) is 4.64. The third-order valence-electron chi connectivity index (χ3n) is 3.10. The molecule has 0 spiro atoms. The maximum Gasteiger partial charge on any atom is 0.304 e. The fourth-order valence-corrected chi connectivity index (χ4v) is 1.60. The molecular weight excluding hydrogens is 299 g/mol. The molecule has 7 heteroatoms. The van der Waals surface area contributed by atoms with Crippen molar-refractivity contribution in [2.45, 2.75) is 25.9 Å². The summed E-state index contributed by atoms with van der Waals surface area (Å²) < 4.78 is 12.7. The van der Waals surface area contributed by atoms with E-state index in [4.69, 9.17) is 5.11 Å². The number of carbonyl (C=O) groups excluding carboxylic acids is 1. The first kappa shape index (κ1) is 19.3. The Kier molecular flexibility index (Phi) is 8.57.